The van der Waals surface area contributed by atoms with Gasteiger partial charge in [-0.3, -0.25) is 0 Å². The van der Waals surface area contributed by atoms with Crippen LogP contribution in [0.4, 0.5) is 0 Å². The molecule has 0 bridgehead atoms. The van der Waals surface area contributed by atoms with Gasteiger partial charge in [0.05, 0.1) is 0 Å². The summed E-state index contributed by atoms with van der Waals surface area (Å²) in [5, 5.41) is 1.07. The molecule has 0 nitrogen and oxygen atoms in total. The summed E-state index contributed by atoms with van der Waals surface area (Å²) in [6.45, 7) is 4.15. The second kappa shape index (κ2) is 6.37. The standard InChI is InChI=1S/C8H9P.2Li/c1-6-3-4-8(9)7(2)5-6;;/h3-5H,1-2H3;;/q-2;2*+1. The number of benzene rings is 1. The van der Waals surface area contributed by atoms with E-state index in [1.807, 2.05) is 6.07 Å². The first kappa shape index (κ1) is 14.4. The van der Waals surface area contributed by atoms with E-state index in [0.29, 0.717) is 0 Å². The molecule has 0 spiro atoms. The molecule has 11 heavy (non-hydrogen) atoms. The van der Waals surface area contributed by atoms with Crippen molar-refractivity contribution in [2.24, 2.45) is 0 Å². The van der Waals surface area contributed by atoms with Crippen molar-refractivity contribution in [3.63, 3.8) is 0 Å². The fraction of sp³-hybridized carbons (Fsp3) is 0.250. The maximum Gasteiger partial charge on any atom is 1.00 e. The van der Waals surface area contributed by atoms with Gasteiger partial charge in [0.25, 0.3) is 0 Å². The van der Waals surface area contributed by atoms with E-state index in [0.717, 1.165) is 5.30 Å². The zero-order valence-electron chi connectivity index (χ0n) is 7.68. The SMILES string of the molecule is Cc1ccc([P-2])c(C)c1.[Li+].[Li+]. The third-order valence-electron chi connectivity index (χ3n) is 1.35. The molecule has 0 aliphatic rings. The van der Waals surface area contributed by atoms with Gasteiger partial charge in [-0.05, 0) is 13.8 Å². The molecule has 1 rings (SSSR count). The monoisotopic (exact) mass is 150 g/mol. The maximum atomic E-state index is 4.25. The Morgan fingerprint density at radius 2 is 1.64 bits per heavy atom. The first-order chi connectivity index (χ1) is 4.20. The first-order valence-corrected chi connectivity index (χ1v) is 3.41. The normalized spacial score (nSPS) is 7.91. The van der Waals surface area contributed by atoms with E-state index >= 15 is 0 Å². The van der Waals surface area contributed by atoms with Gasteiger partial charge < -0.3 is 14.5 Å². The fourth-order valence-corrected chi connectivity index (χ4v) is 0.944. The second-order valence-electron chi connectivity index (χ2n) is 2.29. The minimum absolute atomic E-state index is 0. The van der Waals surface area contributed by atoms with Crippen LogP contribution in [0.3, 0.4) is 0 Å². The van der Waals surface area contributed by atoms with Crippen molar-refractivity contribution in [3.8, 4) is 0 Å². The van der Waals surface area contributed by atoms with Crippen LogP contribution in [0.2, 0.25) is 0 Å². The van der Waals surface area contributed by atoms with Crippen molar-refractivity contribution in [2.75, 3.05) is 0 Å². The van der Waals surface area contributed by atoms with Crippen molar-refractivity contribution in [1.29, 1.82) is 0 Å². The van der Waals surface area contributed by atoms with E-state index in [2.05, 4.69) is 35.2 Å². The summed E-state index contributed by atoms with van der Waals surface area (Å²) in [4.78, 5) is 0. The van der Waals surface area contributed by atoms with Gasteiger partial charge in [-0.15, -0.1) is 11.6 Å². The predicted octanol–water partition coefficient (Wildman–Crippen LogP) is -3.65. The molecular weight excluding hydrogens is 141 g/mol. The van der Waals surface area contributed by atoms with E-state index in [4.69, 9.17) is 0 Å². The van der Waals surface area contributed by atoms with Crippen LogP contribution in [0.15, 0.2) is 18.2 Å². The molecule has 48 valence electrons. The Morgan fingerprint density at radius 3 is 2.00 bits per heavy atom. The average molecular weight is 150 g/mol. The van der Waals surface area contributed by atoms with Crippen molar-refractivity contribution < 1.29 is 37.7 Å². The van der Waals surface area contributed by atoms with Crippen LogP contribution in [-0.2, 0) is 0 Å². The van der Waals surface area contributed by atoms with E-state index in [1.165, 1.54) is 11.1 Å². The smallest absolute Gasteiger partial charge is 1.00 e. The van der Waals surface area contributed by atoms with Crippen LogP contribution in [0.5, 0.6) is 0 Å². The van der Waals surface area contributed by atoms with Gasteiger partial charge in [-0.25, -0.2) is 0 Å². The summed E-state index contributed by atoms with van der Waals surface area (Å²) < 4.78 is 0. The summed E-state index contributed by atoms with van der Waals surface area (Å²) in [7, 11) is 4.25. The van der Waals surface area contributed by atoms with Gasteiger partial charge in [0.1, 0.15) is 0 Å². The third kappa shape index (κ3) is 4.43. The molecule has 0 radical (unpaired) electrons. The predicted molar refractivity (Wildman–Crippen MR) is 42.5 cm³/mol. The van der Waals surface area contributed by atoms with E-state index in [-0.39, 0.29) is 37.7 Å². The molecule has 0 heterocycles. The van der Waals surface area contributed by atoms with Gasteiger partial charge in [0, 0.05) is 0 Å². The van der Waals surface area contributed by atoms with Crippen molar-refractivity contribution in [2.45, 2.75) is 13.8 Å². The third-order valence-corrected chi connectivity index (χ3v) is 1.85. The number of aryl methyl sites for hydroxylation is 2. The van der Waals surface area contributed by atoms with Gasteiger partial charge in [0.15, 0.2) is 0 Å². The van der Waals surface area contributed by atoms with Crippen molar-refractivity contribution in [1.82, 2.24) is 0 Å². The molecule has 0 saturated heterocycles. The number of hydrogen-bond acceptors (Lipinski definition) is 0. The van der Waals surface area contributed by atoms with Crippen LogP contribution in [0.25, 0.3) is 0 Å². The van der Waals surface area contributed by atoms with Gasteiger partial charge >= 0.3 is 37.7 Å². The Kier molecular flexibility index (Phi) is 8.32. The van der Waals surface area contributed by atoms with Gasteiger partial charge in [0.2, 0.25) is 0 Å². The fourth-order valence-electron chi connectivity index (χ4n) is 0.805. The van der Waals surface area contributed by atoms with Crippen LogP contribution in [0, 0.1) is 13.8 Å². The Morgan fingerprint density at radius 1 is 1.09 bits per heavy atom. The summed E-state index contributed by atoms with van der Waals surface area (Å²) >= 11 is 0. The first-order valence-electron chi connectivity index (χ1n) is 2.96. The summed E-state index contributed by atoms with van der Waals surface area (Å²) in [6, 6.07) is 6.21. The summed E-state index contributed by atoms with van der Waals surface area (Å²) in [6.07, 6.45) is 0. The second-order valence-corrected chi connectivity index (χ2v) is 2.77. The Balaban J connectivity index is 0. The maximum absolute atomic E-state index is 4.25. The van der Waals surface area contributed by atoms with Gasteiger partial charge in [-0.2, -0.15) is 0 Å². The molecule has 0 aromatic heterocycles. The topological polar surface area (TPSA) is 0 Å². The summed E-state index contributed by atoms with van der Waals surface area (Å²) in [5.41, 5.74) is 2.55. The Hall–Kier alpha value is 0.845. The van der Waals surface area contributed by atoms with E-state index < -0.39 is 0 Å². The molecule has 1 aromatic carbocycles. The molecule has 0 saturated carbocycles. The minimum atomic E-state index is 0. The molecule has 0 aliphatic carbocycles. The van der Waals surface area contributed by atoms with E-state index in [1.54, 1.807) is 0 Å². The average Bonchev–Trinajstić information content (AvgIpc) is 1.80. The van der Waals surface area contributed by atoms with Gasteiger partial charge in [-0.1, -0.05) is 17.7 Å². The number of rotatable bonds is 0. The summed E-state index contributed by atoms with van der Waals surface area (Å²) in [5.74, 6) is 0. The van der Waals surface area contributed by atoms with Crippen molar-refractivity contribution in [3.05, 3.63) is 29.3 Å². The Labute approximate surface area is 95.1 Å². The van der Waals surface area contributed by atoms with E-state index in [9.17, 15) is 0 Å². The molecule has 0 unspecified atom stereocenters. The molecule has 1 aromatic rings. The Bertz CT molecular complexity index is 223. The quantitative estimate of drug-likeness (QED) is 0.264. The molecule has 0 amide bonds. The molecule has 0 atom stereocenters. The van der Waals surface area contributed by atoms with Crippen LogP contribution < -0.4 is 43.0 Å². The minimum Gasteiger partial charge on any atom is -1.45 e. The molecule has 3 heteroatoms. The molecule has 0 aliphatic heterocycles. The molecular formula is C8H9Li2P. The zero-order valence-corrected chi connectivity index (χ0v) is 8.57. The zero-order chi connectivity index (χ0) is 6.85. The van der Waals surface area contributed by atoms with Crippen LogP contribution >= 0.6 is 9.24 Å². The van der Waals surface area contributed by atoms with Crippen LogP contribution in [0.1, 0.15) is 11.1 Å². The molecule has 0 N–H and O–H groups in total. The van der Waals surface area contributed by atoms with Crippen molar-refractivity contribution >= 4 is 14.5 Å². The molecule has 0 fully saturated rings. The number of hydrogen-bond donors (Lipinski definition) is 0. The van der Waals surface area contributed by atoms with Crippen LogP contribution in [-0.4, -0.2) is 0 Å². The largest absolute Gasteiger partial charge is 1.45 e.